The molecule has 1 rings (SSSR count). The predicted molar refractivity (Wildman–Crippen MR) is 83.5 cm³/mol. The molecule has 0 saturated heterocycles. The third-order valence-corrected chi connectivity index (χ3v) is 3.96. The van der Waals surface area contributed by atoms with Crippen LogP contribution in [0.4, 0.5) is 0 Å². The van der Waals surface area contributed by atoms with Gasteiger partial charge in [0.1, 0.15) is 0 Å². The lowest BCUT2D eigenvalue weighted by molar-refractivity contribution is 0.173. The Morgan fingerprint density at radius 3 is 2.30 bits per heavy atom. The van der Waals surface area contributed by atoms with Gasteiger partial charge in [-0.25, -0.2) is 0 Å². The van der Waals surface area contributed by atoms with Crippen LogP contribution in [0, 0.1) is 0 Å². The first kappa shape index (κ1) is 16.8. The average Bonchev–Trinajstić information content (AvgIpc) is 2.45. The van der Waals surface area contributed by atoms with Crippen molar-refractivity contribution in [3.8, 4) is 0 Å². The van der Waals surface area contributed by atoms with Crippen LogP contribution < -0.4 is 5.56 Å². The number of hydrogen-bond acceptors (Lipinski definition) is 2. The Balaban J connectivity index is 2.69. The highest BCUT2D eigenvalue weighted by atomic mass is 16.5. The zero-order valence-electron chi connectivity index (χ0n) is 13.0. The monoisotopic (exact) mass is 279 g/mol. The van der Waals surface area contributed by atoms with E-state index in [0.717, 1.165) is 24.8 Å². The summed E-state index contributed by atoms with van der Waals surface area (Å²) < 4.78 is 0.716. The molecule has 3 nitrogen and oxygen atoms in total. The van der Waals surface area contributed by atoms with Crippen molar-refractivity contribution in [2.75, 3.05) is 0 Å². The van der Waals surface area contributed by atoms with Gasteiger partial charge in [0.05, 0.1) is 0 Å². The van der Waals surface area contributed by atoms with Crippen molar-refractivity contribution in [2.45, 2.75) is 77.6 Å². The Morgan fingerprint density at radius 2 is 1.65 bits per heavy atom. The zero-order chi connectivity index (χ0) is 14.8. The molecule has 0 saturated carbocycles. The van der Waals surface area contributed by atoms with Crippen LogP contribution in [0.15, 0.2) is 23.1 Å². The first-order valence-electron chi connectivity index (χ1n) is 8.11. The Bertz CT molecular complexity index is 425. The summed E-state index contributed by atoms with van der Waals surface area (Å²) in [4.78, 5) is 12.0. The van der Waals surface area contributed by atoms with Crippen molar-refractivity contribution in [2.24, 2.45) is 0 Å². The second-order valence-electron chi connectivity index (χ2n) is 5.66. The number of hydrogen-bond donors (Lipinski definition) is 1. The summed E-state index contributed by atoms with van der Waals surface area (Å²) in [6.07, 6.45) is 12.0. The van der Waals surface area contributed by atoms with Crippen molar-refractivity contribution in [3.63, 3.8) is 0 Å². The molecule has 1 N–H and O–H groups in total. The Hall–Kier alpha value is -1.25. The van der Waals surface area contributed by atoms with E-state index in [1.54, 1.807) is 6.07 Å². The van der Waals surface area contributed by atoms with Crippen LogP contribution in [-0.4, -0.2) is 9.94 Å². The van der Waals surface area contributed by atoms with Gasteiger partial charge in [0.15, 0.2) is 0 Å². The van der Waals surface area contributed by atoms with Gasteiger partial charge in [-0.15, -0.1) is 0 Å². The molecule has 1 aromatic rings. The van der Waals surface area contributed by atoms with Crippen molar-refractivity contribution < 1.29 is 5.21 Å². The first-order valence-corrected chi connectivity index (χ1v) is 8.11. The largest absolute Gasteiger partial charge is 0.425 e. The number of nitrogens with zero attached hydrogens (tertiary/aromatic N) is 1. The van der Waals surface area contributed by atoms with E-state index in [1.807, 2.05) is 6.07 Å². The standard InChI is InChI=1S/C17H29NO2/c1-3-5-7-9-12-15(11-8-6-4-2)16-13-10-14-18(20)17(16)19/h10,13-15,20H,3-9,11-12H2,1-2H3. The first-order chi connectivity index (χ1) is 9.70. The second-order valence-corrected chi connectivity index (χ2v) is 5.66. The van der Waals surface area contributed by atoms with Gasteiger partial charge in [-0.3, -0.25) is 4.79 Å². The fourth-order valence-corrected chi connectivity index (χ4v) is 2.72. The van der Waals surface area contributed by atoms with Gasteiger partial charge in [-0.2, -0.15) is 4.73 Å². The maximum Gasteiger partial charge on any atom is 0.286 e. The smallest absolute Gasteiger partial charge is 0.286 e. The Labute approximate surface area is 122 Å². The molecule has 20 heavy (non-hydrogen) atoms. The highest BCUT2D eigenvalue weighted by Crippen LogP contribution is 2.26. The molecule has 1 heterocycles. The summed E-state index contributed by atoms with van der Waals surface area (Å²) in [6.45, 7) is 4.40. The Morgan fingerprint density at radius 1 is 1.05 bits per heavy atom. The fourth-order valence-electron chi connectivity index (χ4n) is 2.72. The van der Waals surface area contributed by atoms with E-state index in [1.165, 1.54) is 44.7 Å². The normalized spacial score (nSPS) is 12.5. The van der Waals surface area contributed by atoms with E-state index in [9.17, 15) is 10.0 Å². The molecule has 0 bridgehead atoms. The molecule has 0 radical (unpaired) electrons. The van der Waals surface area contributed by atoms with Gasteiger partial charge in [0.25, 0.3) is 5.56 Å². The van der Waals surface area contributed by atoms with Crippen LogP contribution in [0.25, 0.3) is 0 Å². The molecule has 0 amide bonds. The van der Waals surface area contributed by atoms with Gasteiger partial charge in [-0.1, -0.05) is 64.9 Å². The van der Waals surface area contributed by atoms with Crippen LogP contribution in [0.3, 0.4) is 0 Å². The SMILES string of the molecule is CCCCCCC(CCCCC)c1cccn(O)c1=O. The van der Waals surface area contributed by atoms with Crippen LogP contribution >= 0.6 is 0 Å². The van der Waals surface area contributed by atoms with Crippen LogP contribution in [0.2, 0.25) is 0 Å². The van der Waals surface area contributed by atoms with Crippen molar-refractivity contribution in [1.82, 2.24) is 4.73 Å². The number of aromatic nitrogens is 1. The number of pyridine rings is 1. The molecule has 114 valence electrons. The molecule has 0 spiro atoms. The van der Waals surface area contributed by atoms with Gasteiger partial charge >= 0.3 is 0 Å². The molecular formula is C17H29NO2. The average molecular weight is 279 g/mol. The highest BCUT2D eigenvalue weighted by Gasteiger charge is 2.15. The van der Waals surface area contributed by atoms with Gasteiger partial charge in [-0.05, 0) is 24.8 Å². The summed E-state index contributed by atoms with van der Waals surface area (Å²) >= 11 is 0. The molecule has 0 aliphatic heterocycles. The molecule has 0 fully saturated rings. The van der Waals surface area contributed by atoms with E-state index < -0.39 is 0 Å². The fraction of sp³-hybridized carbons (Fsp3) is 0.706. The molecule has 0 aromatic carbocycles. The van der Waals surface area contributed by atoms with E-state index in [4.69, 9.17) is 0 Å². The molecular weight excluding hydrogens is 250 g/mol. The summed E-state index contributed by atoms with van der Waals surface area (Å²) in [6, 6.07) is 3.64. The molecule has 1 atom stereocenters. The van der Waals surface area contributed by atoms with E-state index >= 15 is 0 Å². The third kappa shape index (κ3) is 5.40. The number of rotatable bonds is 10. The summed E-state index contributed by atoms with van der Waals surface area (Å²) in [7, 11) is 0. The van der Waals surface area contributed by atoms with Gasteiger partial charge < -0.3 is 5.21 Å². The van der Waals surface area contributed by atoms with Crippen LogP contribution in [0.1, 0.15) is 83.1 Å². The second kappa shape index (κ2) is 9.62. The molecule has 1 aromatic heterocycles. The van der Waals surface area contributed by atoms with Gasteiger partial charge in [0.2, 0.25) is 0 Å². The maximum atomic E-state index is 12.0. The lowest BCUT2D eigenvalue weighted by Crippen LogP contribution is -2.23. The third-order valence-electron chi connectivity index (χ3n) is 3.96. The summed E-state index contributed by atoms with van der Waals surface area (Å²) in [5.74, 6) is 0.297. The highest BCUT2D eigenvalue weighted by molar-refractivity contribution is 5.15. The lowest BCUT2D eigenvalue weighted by atomic mass is 9.89. The number of unbranched alkanes of at least 4 members (excludes halogenated alkanes) is 5. The Kier molecular flexibility index (Phi) is 8.08. The molecule has 3 heteroatoms. The van der Waals surface area contributed by atoms with Crippen molar-refractivity contribution in [3.05, 3.63) is 34.2 Å². The van der Waals surface area contributed by atoms with Crippen molar-refractivity contribution >= 4 is 0 Å². The molecule has 1 unspecified atom stereocenters. The van der Waals surface area contributed by atoms with E-state index in [2.05, 4.69) is 13.8 Å². The van der Waals surface area contributed by atoms with Crippen LogP contribution in [-0.2, 0) is 0 Å². The van der Waals surface area contributed by atoms with Gasteiger partial charge in [0, 0.05) is 11.8 Å². The quantitative estimate of drug-likeness (QED) is 0.497. The van der Waals surface area contributed by atoms with Crippen molar-refractivity contribution in [1.29, 1.82) is 0 Å². The van der Waals surface area contributed by atoms with Crippen LogP contribution in [0.5, 0.6) is 0 Å². The minimum atomic E-state index is -0.246. The predicted octanol–water partition coefficient (Wildman–Crippen LogP) is 4.72. The molecule has 0 aliphatic carbocycles. The summed E-state index contributed by atoms with van der Waals surface area (Å²) in [5, 5.41) is 9.53. The molecule has 0 aliphatic rings. The summed E-state index contributed by atoms with van der Waals surface area (Å²) in [5.41, 5.74) is 0.534. The maximum absolute atomic E-state index is 12.0. The minimum absolute atomic E-state index is 0.246. The zero-order valence-corrected chi connectivity index (χ0v) is 13.0. The topological polar surface area (TPSA) is 42.2 Å². The van der Waals surface area contributed by atoms with E-state index in [-0.39, 0.29) is 5.56 Å². The minimum Gasteiger partial charge on any atom is -0.425 e. The van der Waals surface area contributed by atoms with E-state index in [0.29, 0.717) is 10.6 Å². The lowest BCUT2D eigenvalue weighted by Gasteiger charge is -2.17.